The lowest BCUT2D eigenvalue weighted by Gasteiger charge is -2.09. The summed E-state index contributed by atoms with van der Waals surface area (Å²) in [5.74, 6) is 0.420. The van der Waals surface area contributed by atoms with Gasteiger partial charge in [-0.15, -0.1) is 12.6 Å². The van der Waals surface area contributed by atoms with Crippen LogP contribution in [0.15, 0.2) is 24.4 Å². The second kappa shape index (κ2) is 5.81. The Bertz CT molecular complexity index is 287. The van der Waals surface area contributed by atoms with Crippen molar-refractivity contribution in [3.05, 3.63) is 30.1 Å². The van der Waals surface area contributed by atoms with Gasteiger partial charge < -0.3 is 0 Å². The third-order valence-corrected chi connectivity index (χ3v) is 2.44. The number of hydrogen-bond acceptors (Lipinski definition) is 2. The fourth-order valence-electron chi connectivity index (χ4n) is 1.37. The molecule has 0 aromatic carbocycles. The van der Waals surface area contributed by atoms with E-state index in [0.29, 0.717) is 12.3 Å². The average Bonchev–Trinajstić information content (AvgIpc) is 2.18. The zero-order valence-electron chi connectivity index (χ0n) is 8.31. The first-order chi connectivity index (χ1) is 6.70. The number of carbonyl (C=O) groups excluding carboxylic acids is 1. The van der Waals surface area contributed by atoms with Crippen LogP contribution in [0.3, 0.4) is 0 Å². The van der Waals surface area contributed by atoms with Crippen LogP contribution in [0, 0.1) is 0 Å². The first kappa shape index (κ1) is 11.2. The van der Waals surface area contributed by atoms with Crippen LogP contribution in [0.1, 0.15) is 37.8 Å². The van der Waals surface area contributed by atoms with Gasteiger partial charge in [-0.2, -0.15) is 0 Å². The fourth-order valence-corrected chi connectivity index (χ4v) is 1.53. The van der Waals surface area contributed by atoms with E-state index in [0.717, 1.165) is 18.5 Å². The molecule has 1 aromatic rings. The second-order valence-electron chi connectivity index (χ2n) is 3.44. The van der Waals surface area contributed by atoms with Crippen molar-refractivity contribution in [2.75, 3.05) is 0 Å². The molecule has 3 heteroatoms. The van der Waals surface area contributed by atoms with E-state index in [1.807, 2.05) is 18.2 Å². The normalized spacial score (nSPS) is 12.4. The van der Waals surface area contributed by atoms with Crippen LogP contribution >= 0.6 is 12.6 Å². The number of aromatic nitrogens is 1. The lowest BCUT2D eigenvalue weighted by Crippen LogP contribution is -1.97. The Morgan fingerprint density at radius 2 is 2.36 bits per heavy atom. The van der Waals surface area contributed by atoms with E-state index in [9.17, 15) is 4.79 Å². The summed E-state index contributed by atoms with van der Waals surface area (Å²) in [5.41, 5.74) is 1.10. The van der Waals surface area contributed by atoms with Crippen molar-refractivity contribution < 1.29 is 4.79 Å². The molecule has 0 amide bonds. The van der Waals surface area contributed by atoms with Gasteiger partial charge in [-0.25, -0.2) is 0 Å². The predicted molar refractivity (Wildman–Crippen MR) is 60.5 cm³/mol. The molecular weight excluding hydrogens is 194 g/mol. The van der Waals surface area contributed by atoms with E-state index in [2.05, 4.69) is 24.5 Å². The van der Waals surface area contributed by atoms with E-state index in [1.165, 1.54) is 0 Å². The Morgan fingerprint density at radius 3 is 2.93 bits per heavy atom. The molecule has 0 fully saturated rings. The van der Waals surface area contributed by atoms with Crippen LogP contribution in [0.5, 0.6) is 0 Å². The Labute approximate surface area is 90.2 Å². The monoisotopic (exact) mass is 209 g/mol. The Kier molecular flexibility index (Phi) is 4.66. The molecule has 1 heterocycles. The summed E-state index contributed by atoms with van der Waals surface area (Å²) in [6.07, 6.45) is 4.24. The molecule has 0 bridgehead atoms. The van der Waals surface area contributed by atoms with E-state index < -0.39 is 0 Å². The van der Waals surface area contributed by atoms with Crippen LogP contribution in [0.2, 0.25) is 0 Å². The highest BCUT2D eigenvalue weighted by Gasteiger charge is 2.06. The molecule has 0 saturated carbocycles. The van der Waals surface area contributed by atoms with Gasteiger partial charge in [0.15, 0.2) is 5.12 Å². The maximum Gasteiger partial charge on any atom is 0.185 e. The minimum Gasteiger partial charge on any atom is -0.288 e. The zero-order chi connectivity index (χ0) is 10.4. The first-order valence-electron chi connectivity index (χ1n) is 4.83. The minimum atomic E-state index is -0.0294. The maximum atomic E-state index is 10.6. The van der Waals surface area contributed by atoms with Gasteiger partial charge in [-0.05, 0) is 30.9 Å². The quantitative estimate of drug-likeness (QED) is 0.756. The number of carbonyl (C=O) groups is 1. The van der Waals surface area contributed by atoms with Gasteiger partial charge in [0.25, 0.3) is 0 Å². The van der Waals surface area contributed by atoms with Crippen LogP contribution in [-0.2, 0) is 4.79 Å². The van der Waals surface area contributed by atoms with E-state index >= 15 is 0 Å². The van der Waals surface area contributed by atoms with E-state index in [1.54, 1.807) is 6.20 Å². The van der Waals surface area contributed by atoms with Crippen molar-refractivity contribution >= 4 is 17.7 Å². The van der Waals surface area contributed by atoms with E-state index in [4.69, 9.17) is 0 Å². The third kappa shape index (κ3) is 3.92. The van der Waals surface area contributed by atoms with Crippen molar-refractivity contribution in [2.45, 2.75) is 32.1 Å². The molecule has 1 atom stereocenters. The van der Waals surface area contributed by atoms with E-state index in [-0.39, 0.29) is 5.12 Å². The molecule has 0 aliphatic heterocycles. The standard InChI is InChI=1S/C11H15NOS/c1-9(5-4-7-11(13)14)10-6-2-3-8-12-10/h2-3,6,8-9H,4-5,7H2,1H3,(H,13,14)/t9-/m1/s1. The fraction of sp³-hybridized carbons (Fsp3) is 0.455. The molecule has 1 rings (SSSR count). The molecule has 0 aliphatic carbocycles. The summed E-state index contributed by atoms with van der Waals surface area (Å²) in [4.78, 5) is 14.9. The van der Waals surface area contributed by atoms with Crippen molar-refractivity contribution in [1.29, 1.82) is 0 Å². The second-order valence-corrected chi connectivity index (χ2v) is 3.94. The summed E-state index contributed by atoms with van der Waals surface area (Å²) in [5, 5.41) is -0.0294. The SMILES string of the molecule is C[C@H](CCCC(=O)S)c1ccccn1. The molecule has 76 valence electrons. The van der Waals surface area contributed by atoms with Crippen molar-refractivity contribution in [3.63, 3.8) is 0 Å². The van der Waals surface area contributed by atoms with Gasteiger partial charge in [-0.3, -0.25) is 9.78 Å². The van der Waals surface area contributed by atoms with Crippen molar-refractivity contribution in [3.8, 4) is 0 Å². The molecule has 0 unspecified atom stereocenters. The Balaban J connectivity index is 2.36. The lowest BCUT2D eigenvalue weighted by atomic mass is 10.0. The lowest BCUT2D eigenvalue weighted by molar-refractivity contribution is -0.110. The van der Waals surface area contributed by atoms with Crippen LogP contribution in [-0.4, -0.2) is 10.1 Å². The highest BCUT2D eigenvalue weighted by molar-refractivity contribution is 7.96. The average molecular weight is 209 g/mol. The van der Waals surface area contributed by atoms with Crippen molar-refractivity contribution in [1.82, 2.24) is 4.98 Å². The largest absolute Gasteiger partial charge is 0.288 e. The molecule has 1 aromatic heterocycles. The van der Waals surface area contributed by atoms with Gasteiger partial charge in [0.05, 0.1) is 0 Å². The summed E-state index contributed by atoms with van der Waals surface area (Å²) in [7, 11) is 0. The highest BCUT2D eigenvalue weighted by Crippen LogP contribution is 2.18. The van der Waals surface area contributed by atoms with Crippen LogP contribution < -0.4 is 0 Å². The number of hydrogen-bond donors (Lipinski definition) is 1. The molecule has 2 nitrogen and oxygen atoms in total. The third-order valence-electron chi connectivity index (χ3n) is 2.22. The van der Waals surface area contributed by atoms with Gasteiger partial charge >= 0.3 is 0 Å². The van der Waals surface area contributed by atoms with Gasteiger partial charge in [-0.1, -0.05) is 13.0 Å². The molecule has 14 heavy (non-hydrogen) atoms. The predicted octanol–water partition coefficient (Wildman–Crippen LogP) is 2.81. The van der Waals surface area contributed by atoms with Gasteiger partial charge in [0.1, 0.15) is 0 Å². The minimum absolute atomic E-state index is 0.0294. The van der Waals surface area contributed by atoms with Gasteiger partial charge in [0, 0.05) is 18.3 Å². The number of pyridine rings is 1. The van der Waals surface area contributed by atoms with Crippen molar-refractivity contribution in [2.24, 2.45) is 0 Å². The molecule has 0 aliphatic rings. The molecule has 0 N–H and O–H groups in total. The number of thiol groups is 1. The summed E-state index contributed by atoms with van der Waals surface area (Å²) >= 11 is 3.73. The summed E-state index contributed by atoms with van der Waals surface area (Å²) in [6.45, 7) is 2.13. The van der Waals surface area contributed by atoms with Crippen LogP contribution in [0.4, 0.5) is 0 Å². The smallest absolute Gasteiger partial charge is 0.185 e. The molecule has 0 saturated heterocycles. The first-order valence-corrected chi connectivity index (χ1v) is 5.27. The van der Waals surface area contributed by atoms with Gasteiger partial charge in [0.2, 0.25) is 0 Å². The number of rotatable bonds is 5. The highest BCUT2D eigenvalue weighted by atomic mass is 32.1. The summed E-state index contributed by atoms with van der Waals surface area (Å²) in [6, 6.07) is 5.92. The summed E-state index contributed by atoms with van der Waals surface area (Å²) < 4.78 is 0. The molecular formula is C11H15NOS. The Morgan fingerprint density at radius 1 is 1.57 bits per heavy atom. The topological polar surface area (TPSA) is 30.0 Å². The zero-order valence-corrected chi connectivity index (χ0v) is 9.21. The molecule has 0 spiro atoms. The molecule has 0 radical (unpaired) electrons. The Hall–Kier alpha value is -0.830. The number of nitrogens with zero attached hydrogens (tertiary/aromatic N) is 1. The maximum absolute atomic E-state index is 10.6. The van der Waals surface area contributed by atoms with Crippen LogP contribution in [0.25, 0.3) is 0 Å².